The summed E-state index contributed by atoms with van der Waals surface area (Å²) >= 11 is 11.8. The quantitative estimate of drug-likeness (QED) is 0.0998. The lowest BCUT2D eigenvalue weighted by Crippen LogP contribution is -2.48. The third kappa shape index (κ3) is 14.4. The summed E-state index contributed by atoms with van der Waals surface area (Å²) in [5, 5.41) is 16.6. The molecule has 8 rings (SSSR count). The Kier molecular flexibility index (Phi) is 19.4. The number of amides is 4. The van der Waals surface area contributed by atoms with Crippen LogP contribution in [0.4, 0.5) is 21.2 Å². The minimum Gasteiger partial charge on any atom is -0.478 e. The van der Waals surface area contributed by atoms with E-state index in [2.05, 4.69) is 49.2 Å². The molecule has 0 spiro atoms. The molecule has 4 aromatic rings. The minimum atomic E-state index is -1.15. The van der Waals surface area contributed by atoms with Crippen LogP contribution in [0.25, 0.3) is 0 Å². The van der Waals surface area contributed by atoms with E-state index in [1.54, 1.807) is 34.1 Å². The smallest absolute Gasteiger partial charge is 0.412 e. The molecule has 4 aliphatic rings. The van der Waals surface area contributed by atoms with E-state index in [1.165, 1.54) is 47.0 Å². The van der Waals surface area contributed by atoms with Crippen LogP contribution in [-0.4, -0.2) is 175 Å². The van der Waals surface area contributed by atoms with Crippen LogP contribution in [0, 0.1) is 0 Å². The average molecular weight is 1010 g/mol. The van der Waals surface area contributed by atoms with Gasteiger partial charge in [-0.15, -0.1) is 0 Å². The number of hydrogen-bond donors (Lipinski definition) is 2. The van der Waals surface area contributed by atoms with Crippen molar-refractivity contribution in [3.05, 3.63) is 119 Å². The Labute approximate surface area is 407 Å². The van der Waals surface area contributed by atoms with E-state index in [0.717, 1.165) is 38.7 Å². The molecule has 26 nitrogen and oxygen atoms in total. The van der Waals surface area contributed by atoms with Gasteiger partial charge in [-0.1, -0.05) is 23.2 Å². The van der Waals surface area contributed by atoms with E-state index in [-0.39, 0.29) is 24.3 Å². The highest BCUT2D eigenvalue weighted by atomic mass is 35.5. The molecule has 0 aromatic carbocycles. The average Bonchev–Trinajstić information content (AvgIpc) is 3.78. The highest BCUT2D eigenvalue weighted by molar-refractivity contribution is 6.30. The Morgan fingerprint density at radius 2 is 0.929 bits per heavy atom. The fourth-order valence-electron chi connectivity index (χ4n) is 6.34. The number of carbonyl (C=O) groups excluding carboxylic acids is 6. The molecule has 2 atom stereocenters. The molecule has 8 heterocycles. The van der Waals surface area contributed by atoms with Crippen LogP contribution in [0.15, 0.2) is 86.1 Å². The van der Waals surface area contributed by atoms with Crippen molar-refractivity contribution in [2.24, 2.45) is 0 Å². The van der Waals surface area contributed by atoms with E-state index >= 15 is 0 Å². The fraction of sp³-hybridized carbons (Fsp3) is 0.286. The maximum absolute atomic E-state index is 12.8. The zero-order chi connectivity index (χ0) is 50.7. The first-order chi connectivity index (χ1) is 33.6. The van der Waals surface area contributed by atoms with Crippen LogP contribution in [0.5, 0.6) is 0 Å². The van der Waals surface area contributed by atoms with Gasteiger partial charge < -0.3 is 48.8 Å². The topological polar surface area (TPSA) is 311 Å². The number of piperazine rings is 2. The third-order valence-electron chi connectivity index (χ3n) is 9.79. The summed E-state index contributed by atoms with van der Waals surface area (Å²) in [6, 6.07) is 6.40. The predicted octanol–water partition coefficient (Wildman–Crippen LogP) is 2.65. The van der Waals surface area contributed by atoms with Gasteiger partial charge >= 0.3 is 24.1 Å². The van der Waals surface area contributed by atoms with E-state index in [0.29, 0.717) is 71.4 Å². The molecule has 0 aliphatic carbocycles. The first-order valence-corrected chi connectivity index (χ1v) is 21.2. The standard InChI is InChI=1S/2C17H17ClN6O3.2C4H4O4/c2*1-22-6-8-23(9-7-22)17(26)27-16-14-13(19-4-5-20-14)15(25)24(16)12-3-2-11(18)10-21-12;2*5-3-8-2-1-4(6)7/h2*2-5,10,16H,6-9H2,1H3;2*1-3H,(H,6,7)/b;;2*2-1+/t2*16-;;/m00../s1. The Morgan fingerprint density at radius 3 is 1.24 bits per heavy atom. The predicted molar refractivity (Wildman–Crippen MR) is 241 cm³/mol. The molecule has 4 aromatic heterocycles. The van der Waals surface area contributed by atoms with E-state index in [1.807, 2.05) is 14.1 Å². The molecule has 28 heteroatoms. The lowest BCUT2D eigenvalue weighted by Gasteiger charge is -2.33. The second-order valence-electron chi connectivity index (χ2n) is 14.4. The van der Waals surface area contributed by atoms with Gasteiger partial charge in [0.25, 0.3) is 24.8 Å². The maximum atomic E-state index is 12.8. The number of ether oxygens (including phenoxy) is 4. The number of carboxylic acids is 2. The van der Waals surface area contributed by atoms with Crippen molar-refractivity contribution in [3.63, 3.8) is 0 Å². The number of pyridine rings is 2. The molecular weight excluding hydrogens is 967 g/mol. The number of halogens is 2. The van der Waals surface area contributed by atoms with Gasteiger partial charge in [-0.05, 0) is 38.4 Å². The molecule has 2 saturated heterocycles. The Bertz CT molecular complexity index is 2390. The summed E-state index contributed by atoms with van der Waals surface area (Å²) in [6.45, 7) is 5.55. The summed E-state index contributed by atoms with van der Waals surface area (Å²) in [6.07, 6.45) is 8.57. The summed E-state index contributed by atoms with van der Waals surface area (Å²) in [4.78, 5) is 124. The maximum Gasteiger partial charge on any atom is 0.412 e. The minimum absolute atomic E-state index is 0.138. The van der Waals surface area contributed by atoms with Gasteiger partial charge in [-0.3, -0.25) is 29.1 Å². The molecule has 368 valence electrons. The van der Waals surface area contributed by atoms with Crippen molar-refractivity contribution in [3.8, 4) is 0 Å². The number of nitrogens with zero attached hydrogens (tertiary/aromatic N) is 12. The normalized spacial score (nSPS) is 17.4. The van der Waals surface area contributed by atoms with E-state index in [9.17, 15) is 38.4 Å². The number of aromatic nitrogens is 6. The summed E-state index contributed by atoms with van der Waals surface area (Å²) < 4.78 is 19.2. The molecule has 0 radical (unpaired) electrons. The summed E-state index contributed by atoms with van der Waals surface area (Å²) in [5.41, 5.74) is 0.874. The fourth-order valence-corrected chi connectivity index (χ4v) is 6.56. The van der Waals surface area contributed by atoms with Crippen LogP contribution in [-0.2, 0) is 38.1 Å². The van der Waals surface area contributed by atoms with Crippen molar-refractivity contribution in [2.45, 2.75) is 12.5 Å². The number of aliphatic carboxylic acids is 2. The molecule has 2 N–H and O–H groups in total. The van der Waals surface area contributed by atoms with Gasteiger partial charge in [-0.2, -0.15) is 0 Å². The van der Waals surface area contributed by atoms with Crippen LogP contribution in [0.3, 0.4) is 0 Å². The van der Waals surface area contributed by atoms with Gasteiger partial charge in [0.15, 0.2) is 11.4 Å². The molecule has 4 amide bonds. The molecule has 70 heavy (non-hydrogen) atoms. The molecule has 0 unspecified atom stereocenters. The van der Waals surface area contributed by atoms with Crippen LogP contribution in [0.2, 0.25) is 10.0 Å². The Balaban J connectivity index is 0.000000200. The van der Waals surface area contributed by atoms with Crippen LogP contribution >= 0.6 is 23.2 Å². The molecule has 0 bridgehead atoms. The number of anilines is 2. The molecule has 2 fully saturated rings. The number of likely N-dealkylation sites (N-methyl/N-ethyl adjacent to an activating group) is 2. The summed E-state index contributed by atoms with van der Waals surface area (Å²) in [5.74, 6) is -2.53. The van der Waals surface area contributed by atoms with Crippen molar-refractivity contribution >= 4 is 83.7 Å². The number of carboxylic acid groups (broad SMARTS) is 2. The zero-order valence-electron chi connectivity index (χ0n) is 37.0. The second-order valence-corrected chi connectivity index (χ2v) is 15.3. The molecule has 4 aliphatic heterocycles. The highest BCUT2D eigenvalue weighted by Crippen LogP contribution is 2.37. The van der Waals surface area contributed by atoms with Crippen LogP contribution in [0.1, 0.15) is 44.8 Å². The van der Waals surface area contributed by atoms with Gasteiger partial charge in [0.2, 0.25) is 12.5 Å². The lowest BCUT2D eigenvalue weighted by molar-refractivity contribution is -0.132. The van der Waals surface area contributed by atoms with Crippen LogP contribution < -0.4 is 9.80 Å². The monoisotopic (exact) mass is 1010 g/mol. The largest absolute Gasteiger partial charge is 0.478 e. The van der Waals surface area contributed by atoms with E-state index < -0.39 is 48.4 Å². The van der Waals surface area contributed by atoms with E-state index in [4.69, 9.17) is 42.9 Å². The van der Waals surface area contributed by atoms with Gasteiger partial charge in [0.1, 0.15) is 35.5 Å². The first-order valence-electron chi connectivity index (χ1n) is 20.4. The first kappa shape index (κ1) is 52.8. The van der Waals surface area contributed by atoms with Gasteiger partial charge in [-0.25, -0.2) is 48.9 Å². The number of fused-ring (bicyclic) bond motifs is 2. The SMILES string of the molecule is CN1CCN(C(=O)O[C@H]2c3nccnc3C(=O)N2c2ccc(Cl)cn2)CC1.CN1CCN(C(=O)O[C@H]2c3nccnc3C(=O)N2c2ccc(Cl)cn2)CC1.O=CO/C=C/C(=O)O.O=CO/C=C/C(=O)O. The van der Waals surface area contributed by atoms with Gasteiger partial charge in [0.05, 0.1) is 22.2 Å². The third-order valence-corrected chi connectivity index (χ3v) is 10.2. The van der Waals surface area contributed by atoms with Crippen molar-refractivity contribution in [1.82, 2.24) is 49.5 Å². The van der Waals surface area contributed by atoms with Gasteiger partial charge in [0, 0.05) is 89.5 Å². The van der Waals surface area contributed by atoms with Crippen molar-refractivity contribution in [1.29, 1.82) is 0 Å². The second kappa shape index (κ2) is 25.8. The van der Waals surface area contributed by atoms with Crippen molar-refractivity contribution in [2.75, 3.05) is 76.3 Å². The Morgan fingerprint density at radius 1 is 0.571 bits per heavy atom. The lowest BCUT2D eigenvalue weighted by atomic mass is 10.3. The summed E-state index contributed by atoms with van der Waals surface area (Å²) in [7, 11) is 4.00. The Hall–Kier alpha value is -8.20. The zero-order valence-corrected chi connectivity index (χ0v) is 38.5. The molecular formula is C42H42Cl2N12O14. The molecule has 0 saturated carbocycles. The number of carbonyl (C=O) groups is 8. The number of rotatable bonds is 10. The highest BCUT2D eigenvalue weighted by Gasteiger charge is 2.45. The van der Waals surface area contributed by atoms with Crippen molar-refractivity contribution < 1.29 is 67.5 Å². The number of hydrogen-bond acceptors (Lipinski definition) is 20.